The number of ether oxygens (including phenoxy) is 2. The number of halogens is 3. The highest BCUT2D eigenvalue weighted by Gasteiger charge is 2.15. The predicted molar refractivity (Wildman–Crippen MR) is 118 cm³/mol. The summed E-state index contributed by atoms with van der Waals surface area (Å²) < 4.78 is 12.5. The molecule has 2 aromatic rings. The number of hydrogen-bond donors (Lipinski definition) is 3. The Morgan fingerprint density at radius 2 is 1.82 bits per heavy atom. The first-order valence-electron chi connectivity index (χ1n) is 9.01. The first-order valence-corrected chi connectivity index (χ1v) is 10.6. The van der Waals surface area contributed by atoms with E-state index in [1.807, 2.05) is 18.2 Å². The molecule has 0 fully saturated rings. The normalized spacial score (nSPS) is 10.9. The fraction of sp³-hybridized carbons (Fsp3) is 0.400. The summed E-state index contributed by atoms with van der Waals surface area (Å²) in [6.07, 6.45) is 0.959. The number of rotatable bonds is 12. The Balaban J connectivity index is 2.02. The van der Waals surface area contributed by atoms with Gasteiger partial charge in [-0.15, -0.1) is 0 Å². The summed E-state index contributed by atoms with van der Waals surface area (Å²) in [6, 6.07) is 9.26. The van der Waals surface area contributed by atoms with Crippen molar-refractivity contribution in [1.29, 1.82) is 0 Å². The van der Waals surface area contributed by atoms with Crippen LogP contribution in [0.25, 0.3) is 0 Å². The molecule has 5 nitrogen and oxygen atoms in total. The molecule has 0 aliphatic carbocycles. The number of benzene rings is 2. The van der Waals surface area contributed by atoms with Crippen LogP contribution in [0.3, 0.4) is 0 Å². The van der Waals surface area contributed by atoms with E-state index in [0.717, 1.165) is 35.1 Å². The molecule has 0 amide bonds. The van der Waals surface area contributed by atoms with Crippen molar-refractivity contribution in [2.24, 2.45) is 0 Å². The van der Waals surface area contributed by atoms with Crippen LogP contribution in [-0.2, 0) is 13.2 Å². The summed E-state index contributed by atoms with van der Waals surface area (Å²) in [4.78, 5) is 0. The van der Waals surface area contributed by atoms with Crippen molar-refractivity contribution < 1.29 is 14.6 Å². The van der Waals surface area contributed by atoms with Crippen LogP contribution in [0.2, 0.25) is 10.0 Å². The highest BCUT2D eigenvalue weighted by molar-refractivity contribution is 9.10. The van der Waals surface area contributed by atoms with Crippen molar-refractivity contribution in [2.75, 3.05) is 33.4 Å². The van der Waals surface area contributed by atoms with Crippen LogP contribution < -0.4 is 20.1 Å². The lowest BCUT2D eigenvalue weighted by Gasteiger charge is -2.17. The first kappa shape index (κ1) is 23.3. The summed E-state index contributed by atoms with van der Waals surface area (Å²) in [5.74, 6) is 1.36. The molecule has 2 rings (SSSR count). The maximum atomic E-state index is 8.77. The minimum Gasteiger partial charge on any atom is -0.493 e. The van der Waals surface area contributed by atoms with Crippen molar-refractivity contribution in [2.45, 2.75) is 19.6 Å². The molecule has 0 aliphatic rings. The highest BCUT2D eigenvalue weighted by Crippen LogP contribution is 2.37. The Kier molecular flexibility index (Phi) is 10.4. The lowest BCUT2D eigenvalue weighted by atomic mass is 10.1. The SMILES string of the molecule is COc1ccc(Br)c(CNCCCNCCO)c1OCc1ccc(Cl)c(Cl)c1. The minimum absolute atomic E-state index is 0.156. The van der Waals surface area contributed by atoms with Gasteiger partial charge in [0.15, 0.2) is 11.5 Å². The van der Waals surface area contributed by atoms with Gasteiger partial charge in [0.25, 0.3) is 0 Å². The van der Waals surface area contributed by atoms with E-state index in [1.165, 1.54) is 0 Å². The average Bonchev–Trinajstić information content (AvgIpc) is 2.69. The monoisotopic (exact) mass is 490 g/mol. The molecule has 8 heteroatoms. The zero-order valence-electron chi connectivity index (χ0n) is 15.7. The first-order chi connectivity index (χ1) is 13.6. The molecule has 154 valence electrons. The van der Waals surface area contributed by atoms with Gasteiger partial charge in [-0.25, -0.2) is 0 Å². The highest BCUT2D eigenvalue weighted by atomic mass is 79.9. The van der Waals surface area contributed by atoms with Gasteiger partial charge in [0, 0.05) is 23.1 Å². The van der Waals surface area contributed by atoms with E-state index in [0.29, 0.717) is 41.2 Å². The van der Waals surface area contributed by atoms with Gasteiger partial charge in [-0.2, -0.15) is 0 Å². The summed E-state index contributed by atoms with van der Waals surface area (Å²) in [5, 5.41) is 16.4. The van der Waals surface area contributed by atoms with Gasteiger partial charge in [0.2, 0.25) is 0 Å². The van der Waals surface area contributed by atoms with Crippen LogP contribution in [-0.4, -0.2) is 38.5 Å². The maximum Gasteiger partial charge on any atom is 0.167 e. The Bertz CT molecular complexity index is 762. The Morgan fingerprint density at radius 1 is 1.04 bits per heavy atom. The van der Waals surface area contributed by atoms with Gasteiger partial charge in [-0.05, 0) is 49.3 Å². The van der Waals surface area contributed by atoms with Crippen molar-refractivity contribution in [3.8, 4) is 11.5 Å². The molecule has 0 atom stereocenters. The molecule has 0 radical (unpaired) electrons. The molecular formula is C20H25BrCl2N2O3. The quantitative estimate of drug-likeness (QED) is 0.384. The number of hydrogen-bond acceptors (Lipinski definition) is 5. The van der Waals surface area contributed by atoms with Crippen LogP contribution in [0.1, 0.15) is 17.5 Å². The Hall–Kier alpha value is -1.02. The predicted octanol–water partition coefficient (Wildman–Crippen LogP) is 4.41. The van der Waals surface area contributed by atoms with Gasteiger partial charge in [-0.3, -0.25) is 0 Å². The third-order valence-electron chi connectivity index (χ3n) is 4.05. The van der Waals surface area contributed by atoms with Crippen molar-refractivity contribution in [3.63, 3.8) is 0 Å². The second-order valence-corrected chi connectivity index (χ2v) is 7.77. The Morgan fingerprint density at radius 3 is 2.54 bits per heavy atom. The smallest absolute Gasteiger partial charge is 0.167 e. The van der Waals surface area contributed by atoms with Crippen LogP contribution >= 0.6 is 39.1 Å². The van der Waals surface area contributed by atoms with Crippen LogP contribution in [0.15, 0.2) is 34.8 Å². The van der Waals surface area contributed by atoms with Gasteiger partial charge < -0.3 is 25.2 Å². The fourth-order valence-corrected chi connectivity index (χ4v) is 3.38. The topological polar surface area (TPSA) is 62.8 Å². The second-order valence-electron chi connectivity index (χ2n) is 6.10. The lowest BCUT2D eigenvalue weighted by molar-refractivity contribution is 0.280. The summed E-state index contributed by atoms with van der Waals surface area (Å²) in [7, 11) is 1.62. The van der Waals surface area contributed by atoms with E-state index >= 15 is 0 Å². The molecule has 0 bridgehead atoms. The minimum atomic E-state index is 0.156. The number of nitrogens with one attached hydrogen (secondary N) is 2. The zero-order chi connectivity index (χ0) is 20.4. The molecule has 0 aromatic heterocycles. The third-order valence-corrected chi connectivity index (χ3v) is 5.53. The van der Waals surface area contributed by atoms with Crippen LogP contribution in [0, 0.1) is 0 Å². The molecule has 2 aromatic carbocycles. The summed E-state index contributed by atoms with van der Waals surface area (Å²) in [6.45, 7) is 3.45. The Labute approximate surface area is 184 Å². The molecule has 0 unspecified atom stereocenters. The van der Waals surface area contributed by atoms with E-state index in [2.05, 4.69) is 26.6 Å². The lowest BCUT2D eigenvalue weighted by Crippen LogP contribution is -2.24. The average molecular weight is 492 g/mol. The van der Waals surface area contributed by atoms with Gasteiger partial charge in [-0.1, -0.05) is 45.2 Å². The molecular weight excluding hydrogens is 467 g/mol. The third kappa shape index (κ3) is 7.10. The molecule has 3 N–H and O–H groups in total. The molecule has 28 heavy (non-hydrogen) atoms. The molecule has 0 spiro atoms. The number of methoxy groups -OCH3 is 1. The molecule has 0 saturated heterocycles. The maximum absolute atomic E-state index is 8.77. The summed E-state index contributed by atoms with van der Waals surface area (Å²) in [5.41, 5.74) is 1.91. The standard InChI is InChI=1S/C20H25BrCl2N2O3/c1-27-19-6-4-16(21)15(12-25-8-2-7-24-9-10-26)20(19)28-13-14-3-5-17(22)18(23)11-14/h3-6,11,24-26H,2,7-10,12-13H2,1H3. The number of aliphatic hydroxyl groups excluding tert-OH is 1. The van der Waals surface area contributed by atoms with E-state index < -0.39 is 0 Å². The van der Waals surface area contributed by atoms with Crippen molar-refractivity contribution >= 4 is 39.1 Å². The molecule has 0 saturated carbocycles. The van der Waals surface area contributed by atoms with Gasteiger partial charge >= 0.3 is 0 Å². The van der Waals surface area contributed by atoms with Crippen LogP contribution in [0.5, 0.6) is 11.5 Å². The van der Waals surface area contributed by atoms with Gasteiger partial charge in [0.1, 0.15) is 6.61 Å². The second kappa shape index (κ2) is 12.5. The molecule has 0 aliphatic heterocycles. The van der Waals surface area contributed by atoms with Crippen molar-refractivity contribution in [3.05, 3.63) is 56.0 Å². The van der Waals surface area contributed by atoms with Gasteiger partial charge in [0.05, 0.1) is 23.8 Å². The molecule has 0 heterocycles. The van der Waals surface area contributed by atoms with Crippen molar-refractivity contribution in [1.82, 2.24) is 10.6 Å². The van der Waals surface area contributed by atoms with E-state index in [1.54, 1.807) is 19.2 Å². The van der Waals surface area contributed by atoms with E-state index in [4.69, 9.17) is 37.8 Å². The number of aliphatic hydroxyl groups is 1. The van der Waals surface area contributed by atoms with E-state index in [9.17, 15) is 0 Å². The zero-order valence-corrected chi connectivity index (χ0v) is 18.8. The largest absolute Gasteiger partial charge is 0.493 e. The van der Waals surface area contributed by atoms with E-state index in [-0.39, 0.29) is 6.61 Å². The summed E-state index contributed by atoms with van der Waals surface area (Å²) >= 11 is 15.7. The fourth-order valence-electron chi connectivity index (χ4n) is 2.61. The van der Waals surface area contributed by atoms with Crippen LogP contribution in [0.4, 0.5) is 0 Å².